The molecule has 0 unspecified atom stereocenters. The van der Waals surface area contributed by atoms with Gasteiger partial charge in [-0.25, -0.2) is 0 Å². The summed E-state index contributed by atoms with van der Waals surface area (Å²) in [4.78, 5) is 5.49. The van der Waals surface area contributed by atoms with E-state index < -0.39 is 0 Å². The van der Waals surface area contributed by atoms with Crippen LogP contribution in [0.25, 0.3) is 10.8 Å². The molecule has 3 heteroatoms. The quantitative estimate of drug-likeness (QED) is 0.674. The maximum Gasteiger partial charge on any atom is 0.184 e. The van der Waals surface area contributed by atoms with Gasteiger partial charge in [-0.05, 0) is 29.2 Å². The van der Waals surface area contributed by atoms with Crippen molar-refractivity contribution in [2.24, 2.45) is 12.0 Å². The number of hydrogen-bond acceptors (Lipinski definition) is 2. The summed E-state index contributed by atoms with van der Waals surface area (Å²) >= 11 is 1.75. The summed E-state index contributed by atoms with van der Waals surface area (Å²) < 4.78 is 2.28. The lowest BCUT2D eigenvalue weighted by Gasteiger charge is -2.42. The van der Waals surface area contributed by atoms with Crippen molar-refractivity contribution >= 4 is 22.1 Å². The highest BCUT2D eigenvalue weighted by Crippen LogP contribution is 2.49. The van der Waals surface area contributed by atoms with E-state index in [0.717, 1.165) is 4.80 Å². The van der Waals surface area contributed by atoms with Gasteiger partial charge in [0.25, 0.3) is 0 Å². The highest BCUT2D eigenvalue weighted by atomic mass is 32.1. The summed E-state index contributed by atoms with van der Waals surface area (Å²) in [5, 5.41) is 4.96. The molecule has 22 heavy (non-hydrogen) atoms. The molecule has 2 aromatic carbocycles. The molecule has 0 saturated heterocycles. The highest BCUT2D eigenvalue weighted by molar-refractivity contribution is 7.07. The smallest absolute Gasteiger partial charge is 0.184 e. The molecule has 2 nitrogen and oxygen atoms in total. The number of nitrogens with zero attached hydrogens (tertiary/aromatic N) is 2. The molecule has 0 spiro atoms. The Kier molecular flexibility index (Phi) is 3.19. The number of rotatable bonds is 2. The van der Waals surface area contributed by atoms with E-state index in [0.29, 0.717) is 0 Å². The first-order valence-corrected chi connectivity index (χ1v) is 8.70. The first-order chi connectivity index (χ1) is 10.7. The van der Waals surface area contributed by atoms with Crippen LogP contribution in [0, 0.1) is 0 Å². The predicted octanol–water partition coefficient (Wildman–Crippen LogP) is 4.24. The Hall–Kier alpha value is -1.87. The Morgan fingerprint density at radius 3 is 2.50 bits per heavy atom. The maximum atomic E-state index is 4.39. The molecule has 1 fully saturated rings. The van der Waals surface area contributed by atoms with Crippen molar-refractivity contribution in [1.29, 1.82) is 0 Å². The molecule has 1 aromatic heterocycles. The third-order valence-corrected chi connectivity index (χ3v) is 6.12. The summed E-state index contributed by atoms with van der Waals surface area (Å²) in [5.41, 5.74) is 3.05. The number of aromatic nitrogens is 1. The Labute approximate surface area is 134 Å². The van der Waals surface area contributed by atoms with Gasteiger partial charge in [0.2, 0.25) is 0 Å². The van der Waals surface area contributed by atoms with Crippen LogP contribution in [0.15, 0.2) is 52.8 Å². The van der Waals surface area contributed by atoms with Crippen molar-refractivity contribution in [2.45, 2.75) is 24.7 Å². The van der Waals surface area contributed by atoms with Gasteiger partial charge in [-0.2, -0.15) is 0 Å². The lowest BCUT2D eigenvalue weighted by atomic mass is 9.62. The van der Waals surface area contributed by atoms with Crippen LogP contribution >= 0.6 is 11.3 Å². The predicted molar refractivity (Wildman–Crippen MR) is 93.4 cm³/mol. The van der Waals surface area contributed by atoms with Crippen molar-refractivity contribution in [3.8, 4) is 0 Å². The van der Waals surface area contributed by atoms with Crippen LogP contribution in [0.1, 0.15) is 30.5 Å². The van der Waals surface area contributed by atoms with E-state index in [-0.39, 0.29) is 5.41 Å². The van der Waals surface area contributed by atoms with E-state index in [1.165, 1.54) is 41.3 Å². The molecule has 112 valence electrons. The molecule has 1 heterocycles. The number of fused-ring (bicyclic) bond motifs is 1. The van der Waals surface area contributed by atoms with E-state index >= 15 is 0 Å². The molecule has 0 radical (unpaired) electrons. The molecule has 3 aromatic rings. The van der Waals surface area contributed by atoms with Crippen LogP contribution in [-0.4, -0.2) is 11.6 Å². The summed E-state index contributed by atoms with van der Waals surface area (Å²) in [6, 6.07) is 15.6. The van der Waals surface area contributed by atoms with Crippen LogP contribution in [0.2, 0.25) is 0 Å². The van der Waals surface area contributed by atoms with Gasteiger partial charge in [-0.15, -0.1) is 11.3 Å². The van der Waals surface area contributed by atoms with Gasteiger partial charge < -0.3 is 4.57 Å². The molecule has 4 rings (SSSR count). The third-order valence-electron chi connectivity index (χ3n) is 5.12. The fourth-order valence-electron chi connectivity index (χ4n) is 3.72. The first-order valence-electron chi connectivity index (χ1n) is 7.82. The van der Waals surface area contributed by atoms with Gasteiger partial charge in [0.1, 0.15) is 0 Å². The van der Waals surface area contributed by atoms with E-state index in [9.17, 15) is 0 Å². The maximum absolute atomic E-state index is 4.39. The average Bonchev–Trinajstić information content (AvgIpc) is 2.88. The Bertz CT molecular complexity index is 897. The summed E-state index contributed by atoms with van der Waals surface area (Å²) in [5.74, 6) is 0. The Morgan fingerprint density at radius 1 is 1.09 bits per heavy atom. The van der Waals surface area contributed by atoms with Crippen LogP contribution in [0.4, 0.5) is 0 Å². The lowest BCUT2D eigenvalue weighted by Crippen LogP contribution is -2.38. The molecule has 0 atom stereocenters. The normalized spacial score (nSPS) is 17.6. The van der Waals surface area contributed by atoms with Crippen LogP contribution in [-0.2, 0) is 12.5 Å². The SMILES string of the molecule is CN=c1scc(C2(c3ccc4ccccc4c3)CCC2)n1C. The van der Waals surface area contributed by atoms with Crippen LogP contribution in [0.3, 0.4) is 0 Å². The molecule has 0 aliphatic heterocycles. The Morgan fingerprint density at radius 2 is 1.86 bits per heavy atom. The van der Waals surface area contributed by atoms with Crippen molar-refractivity contribution in [2.75, 3.05) is 7.05 Å². The molecule has 0 amide bonds. The second-order valence-electron chi connectivity index (χ2n) is 6.18. The van der Waals surface area contributed by atoms with Crippen molar-refractivity contribution in [3.63, 3.8) is 0 Å². The fourth-order valence-corrected chi connectivity index (χ4v) is 4.68. The summed E-state index contributed by atoms with van der Waals surface area (Å²) in [7, 11) is 4.02. The largest absolute Gasteiger partial charge is 0.323 e. The molecular weight excluding hydrogens is 288 g/mol. The van der Waals surface area contributed by atoms with Gasteiger partial charge in [0, 0.05) is 30.6 Å². The fraction of sp³-hybridized carbons (Fsp3) is 0.316. The number of hydrogen-bond donors (Lipinski definition) is 0. The average molecular weight is 308 g/mol. The molecule has 0 N–H and O–H groups in total. The molecule has 0 bridgehead atoms. The number of thiazole rings is 1. The van der Waals surface area contributed by atoms with Gasteiger partial charge in [-0.1, -0.05) is 48.9 Å². The van der Waals surface area contributed by atoms with E-state index in [1.807, 2.05) is 7.05 Å². The van der Waals surface area contributed by atoms with E-state index in [4.69, 9.17) is 0 Å². The lowest BCUT2D eigenvalue weighted by molar-refractivity contribution is 0.286. The standard InChI is InChI=1S/C19H20N2S/c1-20-18-21(2)17(13-22-18)19(10-5-11-19)16-9-8-14-6-3-4-7-15(14)12-16/h3-4,6-9,12-13H,5,10-11H2,1-2H3. The zero-order chi connectivity index (χ0) is 15.2. The van der Waals surface area contributed by atoms with Gasteiger partial charge in [-0.3, -0.25) is 4.99 Å². The van der Waals surface area contributed by atoms with Crippen molar-refractivity contribution in [3.05, 3.63) is 63.9 Å². The van der Waals surface area contributed by atoms with Gasteiger partial charge in [0.05, 0.1) is 0 Å². The van der Waals surface area contributed by atoms with Crippen LogP contribution in [0.5, 0.6) is 0 Å². The summed E-state index contributed by atoms with van der Waals surface area (Å²) in [6.07, 6.45) is 3.78. The topological polar surface area (TPSA) is 17.3 Å². The minimum atomic E-state index is 0.179. The molecule has 1 aliphatic carbocycles. The van der Waals surface area contributed by atoms with Gasteiger partial charge in [0.15, 0.2) is 4.80 Å². The second-order valence-corrected chi connectivity index (χ2v) is 7.02. The third kappa shape index (κ3) is 1.88. The monoisotopic (exact) mass is 308 g/mol. The van der Waals surface area contributed by atoms with Gasteiger partial charge >= 0.3 is 0 Å². The van der Waals surface area contributed by atoms with Crippen molar-refractivity contribution in [1.82, 2.24) is 4.57 Å². The van der Waals surface area contributed by atoms with Crippen molar-refractivity contribution < 1.29 is 0 Å². The molecule has 1 saturated carbocycles. The summed E-state index contributed by atoms with van der Waals surface area (Å²) in [6.45, 7) is 0. The minimum Gasteiger partial charge on any atom is -0.323 e. The first kappa shape index (κ1) is 13.8. The minimum absolute atomic E-state index is 0.179. The number of benzene rings is 2. The second kappa shape index (κ2) is 5.10. The molecular formula is C19H20N2S. The Balaban J connectivity index is 1.91. The zero-order valence-corrected chi connectivity index (χ0v) is 13.9. The zero-order valence-electron chi connectivity index (χ0n) is 13.0. The van der Waals surface area contributed by atoms with E-state index in [1.54, 1.807) is 11.3 Å². The highest BCUT2D eigenvalue weighted by Gasteiger charge is 2.42. The van der Waals surface area contributed by atoms with E-state index in [2.05, 4.69) is 64.5 Å². The van der Waals surface area contributed by atoms with Crippen LogP contribution < -0.4 is 4.80 Å². The molecule has 1 aliphatic rings.